The Hall–Kier alpha value is -3.48. The Morgan fingerprint density at radius 1 is 0.943 bits per heavy atom. The van der Waals surface area contributed by atoms with Gasteiger partial charge in [0.05, 0.1) is 17.9 Å². The highest BCUT2D eigenvalue weighted by Crippen LogP contribution is 2.25. The largest absolute Gasteiger partial charge is 0.333 e. The van der Waals surface area contributed by atoms with Crippen LogP contribution in [0.4, 0.5) is 10.2 Å². The molecule has 3 rings (SSSR count). The molecule has 1 N–H and O–H groups in total. The molecule has 0 radical (unpaired) electrons. The molecule has 35 heavy (non-hydrogen) atoms. The number of nitrogens with one attached hydrogen (secondary N) is 1. The second kappa shape index (κ2) is 13.4. The third-order valence-electron chi connectivity index (χ3n) is 5.83. The molecule has 3 aromatic rings. The van der Waals surface area contributed by atoms with Crippen LogP contribution in [0.5, 0.6) is 0 Å². The zero-order chi connectivity index (χ0) is 25.0. The Morgan fingerprint density at radius 3 is 2.31 bits per heavy atom. The topological polar surface area (TPSA) is 67.2 Å². The molecule has 6 nitrogen and oxygen atoms in total. The molecule has 186 valence electrons. The minimum Gasteiger partial charge on any atom is -0.333 e. The molecule has 0 spiro atoms. The van der Waals surface area contributed by atoms with E-state index in [1.165, 1.54) is 12.1 Å². The van der Waals surface area contributed by atoms with Crippen LogP contribution in [0.1, 0.15) is 58.8 Å². The van der Waals surface area contributed by atoms with Crippen molar-refractivity contribution in [2.45, 2.75) is 58.8 Å². The summed E-state index contributed by atoms with van der Waals surface area (Å²) in [4.78, 5) is 27.5. The van der Waals surface area contributed by atoms with E-state index < -0.39 is 0 Å². The van der Waals surface area contributed by atoms with Gasteiger partial charge >= 0.3 is 0 Å². The van der Waals surface area contributed by atoms with Gasteiger partial charge in [-0.25, -0.2) is 9.07 Å². The first-order valence-corrected chi connectivity index (χ1v) is 12.5. The summed E-state index contributed by atoms with van der Waals surface area (Å²) in [5, 5.41) is 7.59. The molecule has 0 fully saturated rings. The average Bonchev–Trinajstić information content (AvgIpc) is 3.28. The van der Waals surface area contributed by atoms with Crippen molar-refractivity contribution in [1.82, 2.24) is 14.7 Å². The number of anilines is 1. The Bertz CT molecular complexity index is 1080. The molecule has 0 aliphatic rings. The van der Waals surface area contributed by atoms with Crippen LogP contribution in [-0.2, 0) is 9.59 Å². The van der Waals surface area contributed by atoms with E-state index in [-0.39, 0.29) is 24.2 Å². The van der Waals surface area contributed by atoms with Gasteiger partial charge in [-0.3, -0.25) is 9.59 Å². The number of benzene rings is 2. The summed E-state index contributed by atoms with van der Waals surface area (Å²) < 4.78 is 15.1. The lowest BCUT2D eigenvalue weighted by molar-refractivity contribution is -0.134. The summed E-state index contributed by atoms with van der Waals surface area (Å²) in [7, 11) is 0. The lowest BCUT2D eigenvalue weighted by atomic mass is 10.1. The number of halogens is 1. The molecule has 2 aromatic carbocycles. The minimum absolute atomic E-state index is 0.00998. The quantitative estimate of drug-likeness (QED) is 0.297. The summed E-state index contributed by atoms with van der Waals surface area (Å²) >= 11 is 0. The van der Waals surface area contributed by atoms with Gasteiger partial charge in [0.15, 0.2) is 0 Å². The second-order valence-electron chi connectivity index (χ2n) is 8.70. The number of hydrogen-bond acceptors (Lipinski definition) is 3. The molecule has 0 saturated carbocycles. The van der Waals surface area contributed by atoms with E-state index in [1.807, 2.05) is 30.3 Å². The molecular formula is C28H35FN4O2. The fourth-order valence-corrected chi connectivity index (χ4v) is 3.88. The molecule has 0 atom stereocenters. The molecule has 0 aliphatic heterocycles. The van der Waals surface area contributed by atoms with Crippen LogP contribution in [-0.4, -0.2) is 39.6 Å². The predicted octanol–water partition coefficient (Wildman–Crippen LogP) is 6.22. The molecule has 0 aliphatic carbocycles. The standard InChI is InChI=1S/C28H35FN4O2/c1-3-5-8-14-28(35)32(19-11-6-4-2)21-27(34)30-26-20-25(22-12-9-7-10-13-22)31-33(26)24-17-15-23(29)16-18-24/h7,9-10,12-13,15-18,20H,3-6,8,11,14,19,21H2,1-2H3,(H,30,34). The van der Waals surface area contributed by atoms with Crippen molar-refractivity contribution in [3.63, 3.8) is 0 Å². The molecular weight excluding hydrogens is 443 g/mol. The highest BCUT2D eigenvalue weighted by molar-refractivity contribution is 5.94. The highest BCUT2D eigenvalue weighted by atomic mass is 19.1. The smallest absolute Gasteiger partial charge is 0.245 e. The van der Waals surface area contributed by atoms with E-state index in [1.54, 1.807) is 27.8 Å². The molecule has 1 aromatic heterocycles. The molecule has 0 saturated heterocycles. The number of nitrogens with zero attached hydrogens (tertiary/aromatic N) is 3. The fourth-order valence-electron chi connectivity index (χ4n) is 3.88. The SMILES string of the molecule is CCCCCC(=O)N(CCCCC)CC(=O)Nc1cc(-c2ccccc2)nn1-c1ccc(F)cc1. The van der Waals surface area contributed by atoms with Gasteiger partial charge in [0.25, 0.3) is 0 Å². The number of rotatable bonds is 13. The number of hydrogen-bond donors (Lipinski definition) is 1. The van der Waals surface area contributed by atoms with Crippen LogP contribution in [0.2, 0.25) is 0 Å². The van der Waals surface area contributed by atoms with Gasteiger partial charge in [0, 0.05) is 24.6 Å². The van der Waals surface area contributed by atoms with E-state index in [4.69, 9.17) is 0 Å². The van der Waals surface area contributed by atoms with Crippen molar-refractivity contribution < 1.29 is 14.0 Å². The summed E-state index contributed by atoms with van der Waals surface area (Å²) in [6.07, 6.45) is 6.26. The van der Waals surface area contributed by atoms with Gasteiger partial charge in [0.1, 0.15) is 11.6 Å². The monoisotopic (exact) mass is 478 g/mol. The minimum atomic E-state index is -0.348. The third-order valence-corrected chi connectivity index (χ3v) is 5.83. The lowest BCUT2D eigenvalue weighted by Crippen LogP contribution is -2.38. The van der Waals surface area contributed by atoms with Crippen molar-refractivity contribution in [3.8, 4) is 16.9 Å². The normalized spacial score (nSPS) is 10.8. The predicted molar refractivity (Wildman–Crippen MR) is 138 cm³/mol. The van der Waals surface area contributed by atoms with E-state index in [2.05, 4.69) is 24.3 Å². The maximum absolute atomic E-state index is 13.5. The Balaban J connectivity index is 1.80. The number of aromatic nitrogens is 2. The van der Waals surface area contributed by atoms with Crippen LogP contribution in [0.25, 0.3) is 16.9 Å². The van der Waals surface area contributed by atoms with E-state index >= 15 is 0 Å². The molecule has 7 heteroatoms. The summed E-state index contributed by atoms with van der Waals surface area (Å²) in [5.41, 5.74) is 2.20. The van der Waals surface area contributed by atoms with Crippen LogP contribution in [0.3, 0.4) is 0 Å². The van der Waals surface area contributed by atoms with Gasteiger partial charge in [-0.15, -0.1) is 0 Å². The average molecular weight is 479 g/mol. The molecule has 0 unspecified atom stereocenters. The van der Waals surface area contributed by atoms with Gasteiger partial charge in [-0.2, -0.15) is 5.10 Å². The zero-order valence-corrected chi connectivity index (χ0v) is 20.7. The highest BCUT2D eigenvalue weighted by Gasteiger charge is 2.19. The number of carbonyl (C=O) groups is 2. The molecule has 2 amide bonds. The van der Waals surface area contributed by atoms with Crippen molar-refractivity contribution in [1.29, 1.82) is 0 Å². The zero-order valence-electron chi connectivity index (χ0n) is 20.7. The number of unbranched alkanes of at least 4 members (excludes halogenated alkanes) is 4. The summed E-state index contributed by atoms with van der Waals surface area (Å²) in [5.74, 6) is -0.151. The Labute approximate surface area is 207 Å². The van der Waals surface area contributed by atoms with Crippen molar-refractivity contribution in [2.24, 2.45) is 0 Å². The first-order chi connectivity index (χ1) is 17.0. The first-order valence-electron chi connectivity index (χ1n) is 12.5. The maximum Gasteiger partial charge on any atom is 0.245 e. The van der Waals surface area contributed by atoms with Gasteiger partial charge < -0.3 is 10.2 Å². The lowest BCUT2D eigenvalue weighted by Gasteiger charge is -2.22. The van der Waals surface area contributed by atoms with E-state index in [9.17, 15) is 14.0 Å². The third kappa shape index (κ3) is 7.77. The number of amides is 2. The van der Waals surface area contributed by atoms with E-state index in [0.717, 1.165) is 44.1 Å². The maximum atomic E-state index is 13.5. The molecule has 1 heterocycles. The van der Waals surface area contributed by atoms with Gasteiger partial charge in [-0.05, 0) is 37.1 Å². The van der Waals surface area contributed by atoms with Crippen LogP contribution in [0, 0.1) is 5.82 Å². The van der Waals surface area contributed by atoms with Crippen molar-refractivity contribution in [3.05, 3.63) is 66.5 Å². The number of carbonyl (C=O) groups excluding carboxylic acids is 2. The fraction of sp³-hybridized carbons (Fsp3) is 0.393. The van der Waals surface area contributed by atoms with Crippen LogP contribution in [0.15, 0.2) is 60.7 Å². The Morgan fingerprint density at radius 2 is 1.63 bits per heavy atom. The summed E-state index contributed by atoms with van der Waals surface area (Å²) in [6.45, 7) is 4.77. The van der Waals surface area contributed by atoms with Crippen LogP contribution < -0.4 is 5.32 Å². The van der Waals surface area contributed by atoms with Crippen molar-refractivity contribution in [2.75, 3.05) is 18.4 Å². The van der Waals surface area contributed by atoms with Gasteiger partial charge in [0.2, 0.25) is 11.8 Å². The second-order valence-corrected chi connectivity index (χ2v) is 8.70. The summed E-state index contributed by atoms with van der Waals surface area (Å²) in [6, 6.07) is 17.4. The molecule has 0 bridgehead atoms. The van der Waals surface area contributed by atoms with Crippen LogP contribution >= 0.6 is 0 Å². The van der Waals surface area contributed by atoms with Gasteiger partial charge in [-0.1, -0.05) is 69.9 Å². The first kappa shape index (κ1) is 26.1. The van der Waals surface area contributed by atoms with Crippen molar-refractivity contribution >= 4 is 17.6 Å². The Kier molecular flexibility index (Phi) is 10.0. The van der Waals surface area contributed by atoms with E-state index in [0.29, 0.717) is 30.2 Å².